The quantitative estimate of drug-likeness (QED) is 0.564. The van der Waals surface area contributed by atoms with Crippen LogP contribution in [-0.4, -0.2) is 12.1 Å². The van der Waals surface area contributed by atoms with E-state index in [1.807, 2.05) is 13.8 Å². The summed E-state index contributed by atoms with van der Waals surface area (Å²) in [4.78, 5) is 12.1. The molecule has 108 valence electrons. The highest BCUT2D eigenvalue weighted by atomic mass is 16.5. The lowest BCUT2D eigenvalue weighted by Crippen LogP contribution is -2.43. The Balaban J connectivity index is 2.08. The minimum absolute atomic E-state index is 0.00237. The zero-order chi connectivity index (χ0) is 14.0. The standard InChI is InChI=1S/C17H28O2/c1-5-11(2)17(18)19-15-8-6-7-14-10-9-12(3)13(4)16(14)15/h9-16H,5-8H2,1-4H3/t11-,12-,13?,14?,15-,16?/m0/s1. The molecule has 1 fully saturated rings. The Morgan fingerprint density at radius 1 is 1.32 bits per heavy atom. The summed E-state index contributed by atoms with van der Waals surface area (Å²) < 4.78 is 5.86. The van der Waals surface area contributed by atoms with Crippen LogP contribution in [0, 0.1) is 29.6 Å². The smallest absolute Gasteiger partial charge is 0.308 e. The molecule has 0 aromatic heterocycles. The Hall–Kier alpha value is -0.790. The van der Waals surface area contributed by atoms with Crippen molar-refractivity contribution < 1.29 is 9.53 Å². The van der Waals surface area contributed by atoms with Crippen LogP contribution in [0.4, 0.5) is 0 Å². The first-order valence-corrected chi connectivity index (χ1v) is 7.93. The molecule has 0 aromatic carbocycles. The molecule has 0 aromatic rings. The number of esters is 1. The molecule has 2 aliphatic carbocycles. The zero-order valence-corrected chi connectivity index (χ0v) is 12.8. The SMILES string of the molecule is CC[C@H](C)C(=O)O[C@H]1CCCC2C=C[C@H](C)C(C)C21. The van der Waals surface area contributed by atoms with E-state index in [1.165, 1.54) is 12.8 Å². The van der Waals surface area contributed by atoms with Gasteiger partial charge in [0, 0.05) is 5.92 Å². The van der Waals surface area contributed by atoms with Gasteiger partial charge in [0.05, 0.1) is 5.92 Å². The maximum Gasteiger partial charge on any atom is 0.308 e. The van der Waals surface area contributed by atoms with Crippen LogP contribution in [0.3, 0.4) is 0 Å². The highest BCUT2D eigenvalue weighted by Gasteiger charge is 2.41. The minimum atomic E-state index is 0.00237. The van der Waals surface area contributed by atoms with Gasteiger partial charge in [-0.05, 0) is 43.4 Å². The number of allylic oxidation sites excluding steroid dienone is 2. The Bertz CT molecular complexity index is 347. The molecule has 2 heteroatoms. The van der Waals surface area contributed by atoms with Gasteiger partial charge in [-0.1, -0.05) is 39.8 Å². The van der Waals surface area contributed by atoms with Crippen molar-refractivity contribution in [1.82, 2.24) is 0 Å². The number of carbonyl (C=O) groups excluding carboxylic acids is 1. The normalized spacial score (nSPS) is 39.5. The van der Waals surface area contributed by atoms with E-state index >= 15 is 0 Å². The van der Waals surface area contributed by atoms with Crippen molar-refractivity contribution in [3.05, 3.63) is 12.2 Å². The van der Waals surface area contributed by atoms with E-state index in [0.717, 1.165) is 12.8 Å². The van der Waals surface area contributed by atoms with E-state index in [2.05, 4.69) is 26.0 Å². The number of rotatable bonds is 3. The van der Waals surface area contributed by atoms with Gasteiger partial charge in [-0.2, -0.15) is 0 Å². The predicted molar refractivity (Wildman–Crippen MR) is 77.6 cm³/mol. The van der Waals surface area contributed by atoms with Gasteiger partial charge in [0.15, 0.2) is 0 Å². The molecular weight excluding hydrogens is 236 g/mol. The second kappa shape index (κ2) is 6.11. The molecule has 0 heterocycles. The van der Waals surface area contributed by atoms with E-state index in [0.29, 0.717) is 23.7 Å². The van der Waals surface area contributed by atoms with Crippen molar-refractivity contribution in [2.45, 2.75) is 59.5 Å². The van der Waals surface area contributed by atoms with E-state index in [-0.39, 0.29) is 18.0 Å². The molecule has 19 heavy (non-hydrogen) atoms. The molecule has 0 amide bonds. The summed E-state index contributed by atoms with van der Waals surface area (Å²) in [5.41, 5.74) is 0. The van der Waals surface area contributed by atoms with Crippen LogP contribution in [0.15, 0.2) is 12.2 Å². The molecule has 0 spiro atoms. The fraction of sp³-hybridized carbons (Fsp3) is 0.824. The fourth-order valence-corrected chi connectivity index (χ4v) is 3.58. The van der Waals surface area contributed by atoms with Gasteiger partial charge >= 0.3 is 5.97 Å². The third-order valence-corrected chi connectivity index (χ3v) is 5.33. The van der Waals surface area contributed by atoms with Crippen LogP contribution in [-0.2, 0) is 9.53 Å². The average Bonchev–Trinajstić information content (AvgIpc) is 2.42. The van der Waals surface area contributed by atoms with E-state index in [4.69, 9.17) is 4.74 Å². The summed E-state index contributed by atoms with van der Waals surface area (Å²) in [7, 11) is 0. The Kier molecular flexibility index (Phi) is 4.70. The first-order chi connectivity index (χ1) is 9.04. The molecule has 0 radical (unpaired) electrons. The Morgan fingerprint density at radius 2 is 2.05 bits per heavy atom. The van der Waals surface area contributed by atoms with Crippen LogP contribution >= 0.6 is 0 Å². The summed E-state index contributed by atoms with van der Waals surface area (Å²) >= 11 is 0. The number of hydrogen-bond acceptors (Lipinski definition) is 2. The molecule has 0 aliphatic heterocycles. The van der Waals surface area contributed by atoms with Gasteiger partial charge in [-0.25, -0.2) is 0 Å². The topological polar surface area (TPSA) is 26.3 Å². The lowest BCUT2D eigenvalue weighted by Gasteiger charge is -2.44. The molecule has 1 saturated carbocycles. The van der Waals surface area contributed by atoms with Gasteiger partial charge < -0.3 is 4.74 Å². The first-order valence-electron chi connectivity index (χ1n) is 7.93. The lowest BCUT2D eigenvalue weighted by atomic mass is 9.64. The van der Waals surface area contributed by atoms with Crippen LogP contribution in [0.25, 0.3) is 0 Å². The van der Waals surface area contributed by atoms with Crippen molar-refractivity contribution >= 4 is 5.97 Å². The molecule has 0 saturated heterocycles. The average molecular weight is 264 g/mol. The maximum absolute atomic E-state index is 12.1. The Labute approximate surface area is 117 Å². The molecule has 0 N–H and O–H groups in total. The van der Waals surface area contributed by atoms with Gasteiger partial charge in [0.25, 0.3) is 0 Å². The molecule has 2 nitrogen and oxygen atoms in total. The third kappa shape index (κ3) is 3.04. The van der Waals surface area contributed by atoms with Crippen molar-refractivity contribution in [3.8, 4) is 0 Å². The second-order valence-corrected chi connectivity index (χ2v) is 6.56. The summed E-state index contributed by atoms with van der Waals surface area (Å²) in [5, 5.41) is 0. The number of ether oxygens (including phenoxy) is 1. The van der Waals surface area contributed by atoms with Gasteiger partial charge in [-0.15, -0.1) is 0 Å². The van der Waals surface area contributed by atoms with Gasteiger partial charge in [0.1, 0.15) is 6.10 Å². The van der Waals surface area contributed by atoms with Crippen molar-refractivity contribution in [2.24, 2.45) is 29.6 Å². The van der Waals surface area contributed by atoms with Crippen LogP contribution in [0.5, 0.6) is 0 Å². The van der Waals surface area contributed by atoms with E-state index in [9.17, 15) is 4.79 Å². The molecule has 6 atom stereocenters. The largest absolute Gasteiger partial charge is 0.462 e. The van der Waals surface area contributed by atoms with Crippen molar-refractivity contribution in [1.29, 1.82) is 0 Å². The van der Waals surface area contributed by atoms with Crippen LogP contribution in [0.2, 0.25) is 0 Å². The monoisotopic (exact) mass is 264 g/mol. The number of carbonyl (C=O) groups is 1. The van der Waals surface area contributed by atoms with E-state index in [1.54, 1.807) is 0 Å². The second-order valence-electron chi connectivity index (χ2n) is 6.56. The van der Waals surface area contributed by atoms with Crippen LogP contribution in [0.1, 0.15) is 53.4 Å². The highest BCUT2D eigenvalue weighted by molar-refractivity contribution is 5.72. The van der Waals surface area contributed by atoms with Gasteiger partial charge in [-0.3, -0.25) is 4.79 Å². The predicted octanol–water partition coefficient (Wildman–Crippen LogP) is 4.20. The van der Waals surface area contributed by atoms with E-state index < -0.39 is 0 Å². The van der Waals surface area contributed by atoms with Crippen molar-refractivity contribution in [2.75, 3.05) is 0 Å². The highest BCUT2D eigenvalue weighted by Crippen LogP contribution is 2.44. The molecule has 0 bridgehead atoms. The zero-order valence-electron chi connectivity index (χ0n) is 12.8. The minimum Gasteiger partial charge on any atom is -0.462 e. The Morgan fingerprint density at radius 3 is 2.74 bits per heavy atom. The molecule has 3 unspecified atom stereocenters. The molecule has 2 aliphatic rings. The van der Waals surface area contributed by atoms with Gasteiger partial charge in [0.2, 0.25) is 0 Å². The molecule has 2 rings (SSSR count). The summed E-state index contributed by atoms with van der Waals surface area (Å²) in [6, 6.07) is 0. The fourth-order valence-electron chi connectivity index (χ4n) is 3.58. The van der Waals surface area contributed by atoms with Crippen molar-refractivity contribution in [3.63, 3.8) is 0 Å². The number of hydrogen-bond donors (Lipinski definition) is 0. The summed E-state index contributed by atoms with van der Waals surface area (Å²) in [5.74, 6) is 2.40. The molecular formula is C17H28O2. The maximum atomic E-state index is 12.1. The van der Waals surface area contributed by atoms with Crippen LogP contribution < -0.4 is 0 Å². The first kappa shape index (κ1) is 14.6. The third-order valence-electron chi connectivity index (χ3n) is 5.33. The summed E-state index contributed by atoms with van der Waals surface area (Å²) in [6.07, 6.45) is 9.23. The lowest BCUT2D eigenvalue weighted by molar-refractivity contribution is -0.161. The number of fused-ring (bicyclic) bond motifs is 1. The summed E-state index contributed by atoms with van der Waals surface area (Å²) in [6.45, 7) is 8.61.